The molecular weight excluding hydrogens is 288 g/mol. The highest BCUT2D eigenvalue weighted by molar-refractivity contribution is 5.80. The number of hydrogen-bond donors (Lipinski definition) is 3. The quantitative estimate of drug-likeness (QED) is 0.363. The van der Waals surface area contributed by atoms with Gasteiger partial charge in [0.2, 0.25) is 0 Å². The van der Waals surface area contributed by atoms with Crippen LogP contribution in [0.1, 0.15) is 44.9 Å². The third-order valence-electron chi connectivity index (χ3n) is 3.90. The third-order valence-corrected chi connectivity index (χ3v) is 3.90. The number of rotatable bonds is 7. The molecule has 0 aromatic rings. The van der Waals surface area contributed by atoms with E-state index in [4.69, 9.17) is 16.2 Å². The number of methoxy groups -OCH3 is 1. The Morgan fingerprint density at radius 1 is 1.32 bits per heavy atom. The first kappa shape index (κ1) is 18.1. The predicted molar refractivity (Wildman–Crippen MR) is 82.5 cm³/mol. The molecule has 1 fully saturated rings. The summed E-state index contributed by atoms with van der Waals surface area (Å²) in [7, 11) is 1.27. The van der Waals surface area contributed by atoms with Gasteiger partial charge in [-0.25, -0.2) is 9.59 Å². The number of aliphatic carboxylic acids is 1. The van der Waals surface area contributed by atoms with Crippen LogP contribution in [-0.4, -0.2) is 53.8 Å². The maximum absolute atomic E-state index is 12.1. The number of carbonyl (C=O) groups excluding carboxylic acids is 1. The zero-order valence-electron chi connectivity index (χ0n) is 13.0. The van der Waals surface area contributed by atoms with Crippen LogP contribution >= 0.6 is 0 Å². The molecule has 1 aliphatic carbocycles. The summed E-state index contributed by atoms with van der Waals surface area (Å²) in [6.45, 7) is 0.339. The molecule has 1 aliphatic rings. The molecule has 1 rings (SSSR count). The van der Waals surface area contributed by atoms with Crippen molar-refractivity contribution in [2.45, 2.75) is 57.0 Å². The standard InChI is InChI=1S/C14H26N4O4/c1-22-14(21)18(10-6-3-2-4-7-10)11(12(19)20)8-5-9-17-13(15)16/h10-11H,2-9H2,1H3,(H,19,20)(H4,15,16,17)/t11-/m1/s1. The third kappa shape index (κ3) is 5.42. The average molecular weight is 314 g/mol. The Balaban J connectivity index is 2.78. The summed E-state index contributed by atoms with van der Waals surface area (Å²) in [4.78, 5) is 28.9. The SMILES string of the molecule is COC(=O)N(C1CCCCC1)[C@H](CCCN=C(N)N)C(=O)O. The Morgan fingerprint density at radius 2 is 1.95 bits per heavy atom. The van der Waals surface area contributed by atoms with E-state index in [0.29, 0.717) is 13.0 Å². The number of guanidine groups is 1. The summed E-state index contributed by atoms with van der Waals surface area (Å²) in [6.07, 6.45) is 4.93. The van der Waals surface area contributed by atoms with Gasteiger partial charge in [0.05, 0.1) is 7.11 Å². The van der Waals surface area contributed by atoms with Gasteiger partial charge in [-0.05, 0) is 25.7 Å². The van der Waals surface area contributed by atoms with Crippen LogP contribution in [-0.2, 0) is 9.53 Å². The lowest BCUT2D eigenvalue weighted by molar-refractivity contribution is -0.144. The lowest BCUT2D eigenvalue weighted by Crippen LogP contribution is -2.51. The van der Waals surface area contributed by atoms with Gasteiger partial charge in [-0.2, -0.15) is 0 Å². The van der Waals surface area contributed by atoms with Crippen LogP contribution < -0.4 is 11.5 Å². The lowest BCUT2D eigenvalue weighted by atomic mass is 9.92. The molecule has 0 aromatic carbocycles. The van der Waals surface area contributed by atoms with Crippen LogP contribution in [0.5, 0.6) is 0 Å². The van der Waals surface area contributed by atoms with Gasteiger partial charge >= 0.3 is 12.1 Å². The fourth-order valence-electron chi connectivity index (χ4n) is 2.87. The van der Waals surface area contributed by atoms with Crippen molar-refractivity contribution in [3.63, 3.8) is 0 Å². The van der Waals surface area contributed by atoms with Crippen molar-refractivity contribution in [3.8, 4) is 0 Å². The molecule has 0 saturated heterocycles. The number of ether oxygens (including phenoxy) is 1. The summed E-state index contributed by atoms with van der Waals surface area (Å²) < 4.78 is 4.80. The van der Waals surface area contributed by atoms with E-state index in [9.17, 15) is 14.7 Å². The summed E-state index contributed by atoms with van der Waals surface area (Å²) >= 11 is 0. The van der Waals surface area contributed by atoms with E-state index in [0.717, 1.165) is 32.1 Å². The first-order valence-corrected chi connectivity index (χ1v) is 7.61. The van der Waals surface area contributed by atoms with Crippen molar-refractivity contribution in [1.82, 2.24) is 4.90 Å². The number of amides is 1. The molecule has 1 atom stereocenters. The van der Waals surface area contributed by atoms with E-state index >= 15 is 0 Å². The van der Waals surface area contributed by atoms with Gasteiger partial charge in [0.25, 0.3) is 0 Å². The summed E-state index contributed by atoms with van der Waals surface area (Å²) in [5.41, 5.74) is 10.5. The summed E-state index contributed by atoms with van der Waals surface area (Å²) in [5, 5.41) is 9.49. The summed E-state index contributed by atoms with van der Waals surface area (Å²) in [5.74, 6) is -1.05. The van der Waals surface area contributed by atoms with Gasteiger partial charge in [0, 0.05) is 12.6 Å². The molecule has 0 radical (unpaired) electrons. The van der Waals surface area contributed by atoms with Crippen LogP contribution in [0.15, 0.2) is 4.99 Å². The van der Waals surface area contributed by atoms with Gasteiger partial charge in [-0.1, -0.05) is 19.3 Å². The Labute approximate surface area is 130 Å². The predicted octanol–water partition coefficient (Wildman–Crippen LogP) is 0.894. The van der Waals surface area contributed by atoms with E-state index in [1.807, 2.05) is 0 Å². The van der Waals surface area contributed by atoms with Gasteiger partial charge < -0.3 is 21.3 Å². The van der Waals surface area contributed by atoms with E-state index in [2.05, 4.69) is 4.99 Å². The number of carboxylic acid groups (broad SMARTS) is 1. The maximum Gasteiger partial charge on any atom is 0.410 e. The molecule has 0 spiro atoms. The van der Waals surface area contributed by atoms with Crippen molar-refractivity contribution < 1.29 is 19.4 Å². The minimum Gasteiger partial charge on any atom is -0.480 e. The molecule has 22 heavy (non-hydrogen) atoms. The molecule has 5 N–H and O–H groups in total. The zero-order valence-corrected chi connectivity index (χ0v) is 13.0. The number of hydrogen-bond acceptors (Lipinski definition) is 4. The highest BCUT2D eigenvalue weighted by atomic mass is 16.5. The molecule has 8 nitrogen and oxygen atoms in total. The van der Waals surface area contributed by atoms with Crippen molar-refractivity contribution in [2.75, 3.05) is 13.7 Å². The van der Waals surface area contributed by atoms with Gasteiger partial charge in [0.1, 0.15) is 6.04 Å². The van der Waals surface area contributed by atoms with Crippen molar-refractivity contribution in [2.24, 2.45) is 16.5 Å². The Morgan fingerprint density at radius 3 is 2.45 bits per heavy atom. The molecule has 0 aromatic heterocycles. The monoisotopic (exact) mass is 314 g/mol. The fraction of sp³-hybridized carbons (Fsp3) is 0.786. The van der Waals surface area contributed by atoms with E-state index < -0.39 is 18.1 Å². The first-order chi connectivity index (χ1) is 10.5. The largest absolute Gasteiger partial charge is 0.480 e. The fourth-order valence-corrected chi connectivity index (χ4v) is 2.87. The number of nitrogens with zero attached hydrogens (tertiary/aromatic N) is 2. The van der Waals surface area contributed by atoms with Crippen molar-refractivity contribution >= 4 is 18.0 Å². The molecule has 0 unspecified atom stereocenters. The first-order valence-electron chi connectivity index (χ1n) is 7.61. The molecule has 0 aliphatic heterocycles. The maximum atomic E-state index is 12.1. The Hall–Kier alpha value is -1.99. The summed E-state index contributed by atoms with van der Waals surface area (Å²) in [6, 6.07) is -0.991. The van der Waals surface area contributed by atoms with E-state index in [1.165, 1.54) is 12.0 Å². The number of carbonyl (C=O) groups is 2. The molecule has 1 amide bonds. The Bertz CT molecular complexity index is 404. The normalized spacial score (nSPS) is 16.6. The zero-order chi connectivity index (χ0) is 16.5. The topological polar surface area (TPSA) is 131 Å². The second-order valence-corrected chi connectivity index (χ2v) is 5.47. The number of aliphatic imine (C=N–C) groups is 1. The van der Waals surface area contributed by atoms with Crippen LogP contribution in [0, 0.1) is 0 Å². The van der Waals surface area contributed by atoms with E-state index in [1.54, 1.807) is 0 Å². The highest BCUT2D eigenvalue weighted by Gasteiger charge is 2.36. The smallest absolute Gasteiger partial charge is 0.410 e. The molecule has 0 heterocycles. The highest BCUT2D eigenvalue weighted by Crippen LogP contribution is 2.26. The van der Waals surface area contributed by atoms with Gasteiger partial charge in [0.15, 0.2) is 5.96 Å². The van der Waals surface area contributed by atoms with Crippen LogP contribution in [0.4, 0.5) is 4.79 Å². The molecule has 1 saturated carbocycles. The van der Waals surface area contributed by atoms with Crippen LogP contribution in [0.25, 0.3) is 0 Å². The van der Waals surface area contributed by atoms with Crippen molar-refractivity contribution in [3.05, 3.63) is 0 Å². The van der Waals surface area contributed by atoms with Gasteiger partial charge in [-0.15, -0.1) is 0 Å². The second kappa shape index (κ2) is 9.11. The molecule has 0 bridgehead atoms. The average Bonchev–Trinajstić information content (AvgIpc) is 2.50. The minimum absolute atomic E-state index is 0.0241. The minimum atomic E-state index is -1.03. The molecular formula is C14H26N4O4. The number of carboxylic acids is 1. The van der Waals surface area contributed by atoms with E-state index in [-0.39, 0.29) is 18.4 Å². The molecule has 126 valence electrons. The van der Waals surface area contributed by atoms with Crippen LogP contribution in [0.2, 0.25) is 0 Å². The van der Waals surface area contributed by atoms with Crippen LogP contribution in [0.3, 0.4) is 0 Å². The Kier molecular flexibility index (Phi) is 7.48. The second-order valence-electron chi connectivity index (χ2n) is 5.47. The number of nitrogens with two attached hydrogens (primary N) is 2. The van der Waals surface area contributed by atoms with Crippen molar-refractivity contribution in [1.29, 1.82) is 0 Å². The van der Waals surface area contributed by atoms with Gasteiger partial charge in [-0.3, -0.25) is 9.89 Å². The lowest BCUT2D eigenvalue weighted by Gasteiger charge is -2.37. The molecule has 8 heteroatoms.